The van der Waals surface area contributed by atoms with Crippen LogP contribution in [0.4, 0.5) is 0 Å². The van der Waals surface area contributed by atoms with Crippen LogP contribution in [-0.4, -0.2) is 24.2 Å². The fourth-order valence-corrected chi connectivity index (χ4v) is 1.92. The Balaban J connectivity index is 2.79. The molecule has 0 fully saturated rings. The summed E-state index contributed by atoms with van der Waals surface area (Å²) in [4.78, 5) is 22.1. The topological polar surface area (TPSA) is 75.6 Å². The van der Waals surface area contributed by atoms with Crippen LogP contribution < -0.4 is 5.32 Å². The van der Waals surface area contributed by atoms with Gasteiger partial charge in [-0.1, -0.05) is 0 Å². The maximum absolute atomic E-state index is 11.1. The largest absolute Gasteiger partial charge is 0.479 e. The van der Waals surface area contributed by atoms with E-state index in [9.17, 15) is 9.59 Å². The predicted octanol–water partition coefficient (Wildman–Crippen LogP) is 1.54. The van der Waals surface area contributed by atoms with E-state index in [-0.39, 0.29) is 0 Å². The summed E-state index contributed by atoms with van der Waals surface area (Å²) in [6.07, 6.45) is 1.21. The van der Waals surface area contributed by atoms with Crippen molar-refractivity contribution < 1.29 is 19.4 Å². The van der Waals surface area contributed by atoms with Gasteiger partial charge < -0.3 is 15.2 Å². The average Bonchev–Trinajstić information content (AvgIpc) is 2.78. The van der Waals surface area contributed by atoms with Gasteiger partial charge >= 0.3 is 11.9 Å². The van der Waals surface area contributed by atoms with Crippen LogP contribution in [0.5, 0.6) is 0 Å². The standard InChI is InChI=1S/C11H13NO4S/c1-7(5-9(13)16-2)12-10(11(14)15)8-3-4-17-6-8/h3-6,10,12H,1-2H3,(H,14,15)/b7-5+. The van der Waals surface area contributed by atoms with Crippen molar-refractivity contribution in [2.75, 3.05) is 7.11 Å². The van der Waals surface area contributed by atoms with Crippen molar-refractivity contribution >= 4 is 23.3 Å². The third-order valence-corrected chi connectivity index (χ3v) is 2.73. The molecule has 0 aromatic carbocycles. The number of carbonyl (C=O) groups is 2. The lowest BCUT2D eigenvalue weighted by molar-refractivity contribution is -0.139. The summed E-state index contributed by atoms with van der Waals surface area (Å²) in [6, 6.07) is 0.865. The Morgan fingerprint density at radius 1 is 1.59 bits per heavy atom. The lowest BCUT2D eigenvalue weighted by Gasteiger charge is -2.14. The van der Waals surface area contributed by atoms with E-state index < -0.39 is 18.0 Å². The first-order chi connectivity index (χ1) is 8.04. The lowest BCUT2D eigenvalue weighted by Crippen LogP contribution is -2.27. The van der Waals surface area contributed by atoms with Gasteiger partial charge in [0.2, 0.25) is 0 Å². The third-order valence-electron chi connectivity index (χ3n) is 2.03. The molecule has 1 atom stereocenters. The van der Waals surface area contributed by atoms with Crippen LogP contribution >= 0.6 is 11.3 Å². The van der Waals surface area contributed by atoms with Crippen LogP contribution in [0.2, 0.25) is 0 Å². The smallest absolute Gasteiger partial charge is 0.332 e. The van der Waals surface area contributed by atoms with Crippen LogP contribution in [0.15, 0.2) is 28.6 Å². The number of hydrogen-bond acceptors (Lipinski definition) is 5. The van der Waals surface area contributed by atoms with Crippen LogP contribution in [0.25, 0.3) is 0 Å². The zero-order valence-corrected chi connectivity index (χ0v) is 10.3. The molecule has 6 heteroatoms. The highest BCUT2D eigenvalue weighted by Crippen LogP contribution is 2.17. The molecule has 0 saturated carbocycles. The highest BCUT2D eigenvalue weighted by atomic mass is 32.1. The summed E-state index contributed by atoms with van der Waals surface area (Å²) >= 11 is 1.42. The second-order valence-electron chi connectivity index (χ2n) is 3.32. The van der Waals surface area contributed by atoms with Gasteiger partial charge in [-0.15, -0.1) is 0 Å². The van der Waals surface area contributed by atoms with Gasteiger partial charge in [-0.25, -0.2) is 9.59 Å². The summed E-state index contributed by atoms with van der Waals surface area (Å²) in [5.41, 5.74) is 1.09. The van der Waals surface area contributed by atoms with E-state index in [1.165, 1.54) is 24.5 Å². The van der Waals surface area contributed by atoms with Crippen molar-refractivity contribution in [3.8, 4) is 0 Å². The van der Waals surface area contributed by atoms with Crippen molar-refractivity contribution in [2.24, 2.45) is 0 Å². The number of carboxylic acids is 1. The van der Waals surface area contributed by atoms with Gasteiger partial charge in [-0.05, 0) is 29.3 Å². The number of carboxylic acid groups (broad SMARTS) is 1. The summed E-state index contributed by atoms with van der Waals surface area (Å²) in [7, 11) is 1.26. The monoisotopic (exact) mass is 255 g/mol. The fourth-order valence-electron chi connectivity index (χ4n) is 1.23. The van der Waals surface area contributed by atoms with Gasteiger partial charge in [0.15, 0.2) is 6.04 Å². The van der Waals surface area contributed by atoms with Crippen LogP contribution in [0.1, 0.15) is 18.5 Å². The minimum absolute atomic E-state index is 0.440. The third kappa shape index (κ3) is 3.92. The van der Waals surface area contributed by atoms with Gasteiger partial charge in [-0.2, -0.15) is 11.3 Å². The zero-order chi connectivity index (χ0) is 12.8. The van der Waals surface area contributed by atoms with Crippen molar-refractivity contribution in [2.45, 2.75) is 13.0 Å². The van der Waals surface area contributed by atoms with E-state index in [4.69, 9.17) is 5.11 Å². The number of aliphatic carboxylic acids is 1. The molecule has 0 aliphatic carbocycles. The van der Waals surface area contributed by atoms with Gasteiger partial charge in [0.25, 0.3) is 0 Å². The quantitative estimate of drug-likeness (QED) is 0.616. The van der Waals surface area contributed by atoms with E-state index in [0.29, 0.717) is 11.3 Å². The molecule has 17 heavy (non-hydrogen) atoms. The molecule has 2 N–H and O–H groups in total. The number of carbonyl (C=O) groups excluding carboxylic acids is 1. The number of esters is 1. The van der Waals surface area contributed by atoms with Crippen LogP contribution in [-0.2, 0) is 14.3 Å². The number of nitrogens with one attached hydrogen (secondary N) is 1. The molecule has 1 rings (SSSR count). The minimum atomic E-state index is -0.999. The summed E-state index contributed by atoms with van der Waals surface area (Å²) < 4.78 is 4.45. The van der Waals surface area contributed by atoms with E-state index in [2.05, 4.69) is 10.1 Å². The van der Waals surface area contributed by atoms with Crippen LogP contribution in [0, 0.1) is 0 Å². The molecular formula is C11H13NO4S. The summed E-state index contributed by atoms with van der Waals surface area (Å²) in [5, 5.41) is 15.4. The minimum Gasteiger partial charge on any atom is -0.479 e. The Morgan fingerprint density at radius 2 is 2.29 bits per heavy atom. The Labute approximate surface area is 103 Å². The molecule has 0 aliphatic heterocycles. The summed E-state index contributed by atoms with van der Waals surface area (Å²) in [5.74, 6) is -1.52. The number of rotatable bonds is 5. The SMILES string of the molecule is COC(=O)/C=C(\C)NC(C(=O)O)c1ccsc1. The second kappa shape index (κ2) is 6.05. The Hall–Kier alpha value is -1.82. The van der Waals surface area contributed by atoms with E-state index in [1.54, 1.807) is 23.8 Å². The molecule has 0 spiro atoms. The maximum Gasteiger partial charge on any atom is 0.332 e. The maximum atomic E-state index is 11.1. The van der Waals surface area contributed by atoms with Crippen molar-refractivity contribution in [3.63, 3.8) is 0 Å². The molecule has 1 aromatic rings. The molecule has 1 unspecified atom stereocenters. The van der Waals surface area contributed by atoms with Gasteiger partial charge in [0, 0.05) is 11.8 Å². The zero-order valence-electron chi connectivity index (χ0n) is 9.47. The molecule has 1 aromatic heterocycles. The lowest BCUT2D eigenvalue weighted by atomic mass is 10.1. The second-order valence-corrected chi connectivity index (χ2v) is 4.10. The molecule has 92 valence electrons. The molecule has 1 heterocycles. The number of hydrogen-bond donors (Lipinski definition) is 2. The first kappa shape index (κ1) is 13.2. The first-order valence-electron chi connectivity index (χ1n) is 4.82. The molecule has 0 saturated heterocycles. The van der Waals surface area contributed by atoms with Crippen LogP contribution in [0.3, 0.4) is 0 Å². The van der Waals surface area contributed by atoms with E-state index in [0.717, 1.165) is 0 Å². The van der Waals surface area contributed by atoms with Gasteiger partial charge in [0.05, 0.1) is 7.11 Å². The molecule has 0 amide bonds. The van der Waals surface area contributed by atoms with Gasteiger partial charge in [0.1, 0.15) is 0 Å². The molecular weight excluding hydrogens is 242 g/mol. The van der Waals surface area contributed by atoms with E-state index in [1.807, 2.05) is 0 Å². The van der Waals surface area contributed by atoms with Crippen molar-refractivity contribution in [3.05, 3.63) is 34.2 Å². The normalized spacial score (nSPS) is 12.9. The Morgan fingerprint density at radius 3 is 2.76 bits per heavy atom. The van der Waals surface area contributed by atoms with Crippen molar-refractivity contribution in [1.29, 1.82) is 0 Å². The number of methoxy groups -OCH3 is 1. The highest BCUT2D eigenvalue weighted by molar-refractivity contribution is 7.08. The molecule has 0 bridgehead atoms. The number of allylic oxidation sites excluding steroid dienone is 1. The highest BCUT2D eigenvalue weighted by Gasteiger charge is 2.19. The van der Waals surface area contributed by atoms with Gasteiger partial charge in [-0.3, -0.25) is 0 Å². The van der Waals surface area contributed by atoms with Crippen molar-refractivity contribution in [1.82, 2.24) is 5.32 Å². The fraction of sp³-hybridized carbons (Fsp3) is 0.273. The molecule has 0 radical (unpaired) electrons. The molecule has 0 aliphatic rings. The molecule has 5 nitrogen and oxygen atoms in total. The average molecular weight is 255 g/mol. The number of ether oxygens (including phenoxy) is 1. The number of thiophene rings is 1. The Bertz CT molecular complexity index is 425. The first-order valence-corrected chi connectivity index (χ1v) is 5.76. The van der Waals surface area contributed by atoms with E-state index >= 15 is 0 Å². The Kier molecular flexibility index (Phi) is 4.71. The predicted molar refractivity (Wildman–Crippen MR) is 63.6 cm³/mol. The summed E-state index contributed by atoms with van der Waals surface area (Å²) in [6.45, 7) is 1.61.